The molecule has 160 valence electrons. The first-order chi connectivity index (χ1) is 16.3. The van der Waals surface area contributed by atoms with Gasteiger partial charge in [-0.2, -0.15) is 24.3 Å². The fourth-order valence-electron chi connectivity index (χ4n) is 3.89. The van der Waals surface area contributed by atoms with Gasteiger partial charge >= 0.3 is 21.1 Å². The van der Waals surface area contributed by atoms with Crippen LogP contribution in [0.5, 0.6) is 11.6 Å². The van der Waals surface area contributed by atoms with Gasteiger partial charge in [0, 0.05) is 24.2 Å². The largest absolute Gasteiger partial charge is 2.00 e. The van der Waals surface area contributed by atoms with Gasteiger partial charge in [-0.05, 0) is 28.7 Å². The molecule has 0 N–H and O–H groups in total. The number of benzene rings is 3. The summed E-state index contributed by atoms with van der Waals surface area (Å²) in [5.41, 5.74) is 2.63. The fraction of sp³-hybridized carbons (Fsp3) is 0. The van der Waals surface area contributed by atoms with Crippen LogP contribution in [0.1, 0.15) is 1.37 Å². The Kier molecular flexibility index (Phi) is 5.75. The molecule has 3 heterocycles. The number of hydrogen-bond donors (Lipinski definition) is 0. The van der Waals surface area contributed by atoms with Gasteiger partial charge in [0.05, 0.1) is 6.81 Å². The van der Waals surface area contributed by atoms with Gasteiger partial charge in [0.2, 0.25) is 5.88 Å². The van der Waals surface area contributed by atoms with E-state index in [9.17, 15) is 0 Å². The molecule has 0 radical (unpaired) electrons. The summed E-state index contributed by atoms with van der Waals surface area (Å²) in [7, 11) is -0.956. The van der Waals surface area contributed by atoms with E-state index in [1.54, 1.807) is 18.5 Å². The van der Waals surface area contributed by atoms with Crippen molar-refractivity contribution < 1.29 is 27.2 Å². The molecular formula is C28H17N2OPPt. The molecule has 0 amide bonds. The fourth-order valence-corrected chi connectivity index (χ4v) is 6.30. The molecule has 0 saturated carbocycles. The van der Waals surface area contributed by atoms with Gasteiger partial charge < -0.3 is 4.74 Å². The number of hydrogen-bond acceptors (Lipinski definition) is 3. The minimum atomic E-state index is -0.956. The molecule has 5 heteroatoms. The smallest absolute Gasteiger partial charge is 0.460 e. The van der Waals surface area contributed by atoms with Crippen LogP contribution in [0.3, 0.4) is 0 Å². The van der Waals surface area contributed by atoms with Gasteiger partial charge in [0.15, 0.2) is 0 Å². The summed E-state index contributed by atoms with van der Waals surface area (Å²) in [6.45, 7) is 0. The van der Waals surface area contributed by atoms with Crippen LogP contribution in [-0.4, -0.2) is 9.97 Å². The number of ether oxygens (including phenoxy) is 1. The minimum Gasteiger partial charge on any atom is -0.460 e. The average molecular weight is 625 g/mol. The third kappa shape index (κ3) is 4.11. The van der Waals surface area contributed by atoms with E-state index in [4.69, 9.17) is 6.11 Å². The Morgan fingerprint density at radius 2 is 1.55 bits per heavy atom. The van der Waals surface area contributed by atoms with Crippen molar-refractivity contribution in [3.8, 4) is 28.2 Å². The van der Waals surface area contributed by atoms with Crippen LogP contribution in [0.4, 0.5) is 0 Å². The Balaban J connectivity index is 0.00000241. The maximum atomic E-state index is 8.48. The number of aromatic nitrogens is 2. The third-order valence-corrected chi connectivity index (χ3v) is 7.64. The molecule has 0 aliphatic carbocycles. The molecule has 6 rings (SSSR count). The standard InChI is InChI=1S/C28H17N2OP.Pt/c1-2-11-25-23(10-1)24-15-14-21(19-26(24)32(25)28-13-4-6-17-30-28)20-8-7-9-22(18-20)31-27-12-3-5-16-29-27;/h1-17H;/q-2;+2/i13D;. The van der Waals surface area contributed by atoms with Crippen molar-refractivity contribution in [3.63, 3.8) is 0 Å². The molecule has 0 spiro atoms. The van der Waals surface area contributed by atoms with Gasteiger partial charge in [-0.1, -0.05) is 54.4 Å². The summed E-state index contributed by atoms with van der Waals surface area (Å²) in [6, 6.07) is 35.1. The number of nitrogens with zero attached hydrogens (tertiary/aromatic N) is 2. The molecule has 6 aromatic rings. The summed E-state index contributed by atoms with van der Waals surface area (Å²) in [6.07, 6.45) is 3.47. The Morgan fingerprint density at radius 1 is 0.727 bits per heavy atom. The molecule has 33 heavy (non-hydrogen) atoms. The number of fused-ring (bicyclic) bond motifs is 3. The monoisotopic (exact) mass is 624 g/mol. The molecule has 3 aromatic carbocycles. The van der Waals surface area contributed by atoms with E-state index in [-0.39, 0.29) is 21.1 Å². The first-order valence-electron chi connectivity index (χ1n) is 10.8. The van der Waals surface area contributed by atoms with Crippen LogP contribution in [-0.2, 0) is 21.1 Å². The zero-order valence-electron chi connectivity index (χ0n) is 18.3. The second-order valence-corrected chi connectivity index (χ2v) is 9.31. The van der Waals surface area contributed by atoms with Crippen molar-refractivity contribution in [1.29, 1.82) is 0 Å². The summed E-state index contributed by atoms with van der Waals surface area (Å²) >= 11 is 0. The number of pyridine rings is 2. The summed E-state index contributed by atoms with van der Waals surface area (Å²) in [4.78, 5) is 8.83. The second kappa shape index (κ2) is 9.31. The van der Waals surface area contributed by atoms with E-state index < -0.39 is 7.53 Å². The summed E-state index contributed by atoms with van der Waals surface area (Å²) in [5, 5.41) is 4.67. The molecule has 0 aliphatic rings. The van der Waals surface area contributed by atoms with Gasteiger partial charge in [-0.15, -0.1) is 18.2 Å². The normalized spacial score (nSPS) is 11.8. The second-order valence-electron chi connectivity index (χ2n) is 7.29. The minimum absolute atomic E-state index is 0. The Morgan fingerprint density at radius 3 is 2.42 bits per heavy atom. The average Bonchev–Trinajstić information content (AvgIpc) is 3.19. The van der Waals surface area contributed by atoms with Crippen LogP contribution < -0.4 is 4.74 Å². The van der Waals surface area contributed by atoms with E-state index in [0.29, 0.717) is 17.7 Å². The molecule has 3 nitrogen and oxygen atoms in total. The predicted octanol–water partition coefficient (Wildman–Crippen LogP) is 7.82. The van der Waals surface area contributed by atoms with Crippen molar-refractivity contribution in [2.45, 2.75) is 0 Å². The SMILES string of the molecule is [2H]c1cccnc1-p1c2[c-]c(-c3[c-]c(Oc4ccccn4)ccc3)ccc2c2ccccc21.[Pt+2]. The predicted molar refractivity (Wildman–Crippen MR) is 131 cm³/mol. The van der Waals surface area contributed by atoms with Crippen LogP contribution in [0.15, 0.2) is 103 Å². The Hall–Kier alpha value is -3.25. The van der Waals surface area contributed by atoms with Crippen molar-refractivity contribution in [2.24, 2.45) is 0 Å². The van der Waals surface area contributed by atoms with E-state index in [1.165, 1.54) is 10.5 Å². The van der Waals surface area contributed by atoms with Gasteiger partial charge in [0.25, 0.3) is 0 Å². The zero-order valence-corrected chi connectivity index (χ0v) is 20.5. The molecule has 3 aromatic heterocycles. The van der Waals surface area contributed by atoms with Gasteiger partial charge in [0.1, 0.15) is 0 Å². The topological polar surface area (TPSA) is 35.0 Å². The Bertz CT molecular complexity index is 1620. The molecule has 0 fully saturated rings. The summed E-state index contributed by atoms with van der Waals surface area (Å²) in [5.74, 6) is 1.13. The quantitative estimate of drug-likeness (QED) is 0.188. The zero-order chi connectivity index (χ0) is 22.2. The van der Waals surface area contributed by atoms with Crippen molar-refractivity contribution >= 4 is 28.5 Å². The molecule has 0 aliphatic heterocycles. The number of rotatable bonds is 4. The first kappa shape index (κ1) is 20.4. The van der Waals surface area contributed by atoms with Gasteiger partial charge in [-0.3, -0.25) is 4.98 Å². The van der Waals surface area contributed by atoms with E-state index in [1.807, 2.05) is 42.5 Å². The van der Waals surface area contributed by atoms with Crippen LogP contribution in [0.25, 0.3) is 37.6 Å². The maximum Gasteiger partial charge on any atom is 2.00 e. The maximum absolute atomic E-state index is 8.48. The van der Waals surface area contributed by atoms with Crippen LogP contribution in [0.2, 0.25) is 0 Å². The molecule has 1 unspecified atom stereocenters. The van der Waals surface area contributed by atoms with Crippen molar-refractivity contribution in [1.82, 2.24) is 9.97 Å². The molecule has 1 atom stereocenters. The van der Waals surface area contributed by atoms with E-state index in [0.717, 1.165) is 27.1 Å². The third-order valence-electron chi connectivity index (χ3n) is 5.30. The van der Waals surface area contributed by atoms with Crippen molar-refractivity contribution in [3.05, 3.63) is 115 Å². The Labute approximate surface area is 208 Å². The summed E-state index contributed by atoms with van der Waals surface area (Å²) < 4.78 is 14.4. The molecule has 0 saturated heterocycles. The van der Waals surface area contributed by atoms with E-state index >= 15 is 0 Å². The first-order valence-corrected chi connectivity index (χ1v) is 11.6. The van der Waals surface area contributed by atoms with Gasteiger partial charge in [-0.25, -0.2) is 16.1 Å². The molecule has 0 bridgehead atoms. The van der Waals surface area contributed by atoms with Crippen LogP contribution in [0, 0.1) is 12.1 Å². The van der Waals surface area contributed by atoms with Crippen LogP contribution >= 0.6 is 7.53 Å². The van der Waals surface area contributed by atoms with E-state index in [2.05, 4.69) is 58.5 Å². The van der Waals surface area contributed by atoms with Crippen molar-refractivity contribution in [2.75, 3.05) is 0 Å². The molecular weight excluding hydrogens is 606 g/mol.